The fourth-order valence-corrected chi connectivity index (χ4v) is 0. The summed E-state index contributed by atoms with van der Waals surface area (Å²) >= 11 is 0. The Bertz CT molecular complexity index is 108. The van der Waals surface area contributed by atoms with Gasteiger partial charge in [-0.15, -0.1) is 0 Å². The lowest BCUT2D eigenvalue weighted by atomic mass is 10.1. The largest absolute Gasteiger partial charge is 0.465 e. The van der Waals surface area contributed by atoms with Crippen molar-refractivity contribution in [1.29, 1.82) is 0 Å². The molecule has 0 bridgehead atoms. The van der Waals surface area contributed by atoms with Crippen LogP contribution in [0.2, 0.25) is 0 Å². The molecule has 3 N–H and O–H groups in total. The van der Waals surface area contributed by atoms with E-state index in [-0.39, 0.29) is 0 Å². The monoisotopic (exact) mass is 193 g/mol. The van der Waals surface area contributed by atoms with Crippen LogP contribution in [0.3, 0.4) is 0 Å². The van der Waals surface area contributed by atoms with Crippen molar-refractivity contribution in [2.45, 2.75) is 46.6 Å². The van der Waals surface area contributed by atoms with Crippen molar-refractivity contribution in [2.75, 3.05) is 7.05 Å². The van der Waals surface area contributed by atoms with E-state index in [1.165, 1.54) is 7.05 Å². The zero-order valence-corrected chi connectivity index (χ0v) is 9.51. The topological polar surface area (TPSA) is 69.6 Å². The predicted molar refractivity (Wildman–Crippen MR) is 55.0 cm³/mol. The van der Waals surface area contributed by atoms with Crippen LogP contribution in [-0.4, -0.2) is 29.0 Å². The number of amides is 1. The normalized spacial score (nSPS) is 8.54. The van der Waals surface area contributed by atoms with Gasteiger partial charge in [0, 0.05) is 7.05 Å². The number of hydrogen-bond donors (Lipinski definition) is 3. The first kappa shape index (κ1) is 18.1. The van der Waals surface area contributed by atoms with Gasteiger partial charge in [0.1, 0.15) is 0 Å². The van der Waals surface area contributed by atoms with E-state index in [1.807, 2.05) is 26.1 Å². The highest BCUT2D eigenvalue weighted by Crippen LogP contribution is 2.03. The third-order valence-electron chi connectivity index (χ3n) is 1.08. The molecular formula is C9H23NO3. The molecule has 0 spiro atoms. The maximum atomic E-state index is 9.26. The number of nitrogens with one attached hydrogen (secondary N) is 1. The number of carbonyl (C=O) groups is 1. The van der Waals surface area contributed by atoms with E-state index < -0.39 is 11.7 Å². The van der Waals surface area contributed by atoms with Crippen LogP contribution in [0.1, 0.15) is 41.0 Å². The van der Waals surface area contributed by atoms with Crippen LogP contribution in [0.15, 0.2) is 0 Å². The van der Waals surface area contributed by atoms with Crippen molar-refractivity contribution in [3.8, 4) is 0 Å². The minimum absolute atomic E-state index is 0.458. The van der Waals surface area contributed by atoms with Crippen molar-refractivity contribution in [1.82, 2.24) is 5.32 Å². The van der Waals surface area contributed by atoms with Gasteiger partial charge in [-0.25, -0.2) is 4.79 Å². The van der Waals surface area contributed by atoms with Crippen LogP contribution >= 0.6 is 0 Å². The molecule has 4 nitrogen and oxygen atoms in total. The van der Waals surface area contributed by atoms with Gasteiger partial charge in [-0.05, 0) is 20.3 Å². The molecule has 0 aromatic carbocycles. The summed E-state index contributed by atoms with van der Waals surface area (Å²) in [6, 6.07) is 0. The molecule has 0 aliphatic carbocycles. The number of aliphatic hydroxyl groups is 1. The first-order valence-electron chi connectivity index (χ1n) is 4.46. The predicted octanol–water partition coefficient (Wildman–Crippen LogP) is 2.08. The van der Waals surface area contributed by atoms with E-state index in [2.05, 4.69) is 0 Å². The molecule has 0 unspecified atom stereocenters. The summed E-state index contributed by atoms with van der Waals surface area (Å²) in [6.07, 6.45) is -0.169. The van der Waals surface area contributed by atoms with Crippen molar-refractivity contribution in [3.05, 3.63) is 0 Å². The second-order valence-corrected chi connectivity index (χ2v) is 2.72. The Morgan fingerprint density at radius 3 is 1.54 bits per heavy atom. The fraction of sp³-hybridized carbons (Fsp3) is 0.889. The van der Waals surface area contributed by atoms with Gasteiger partial charge >= 0.3 is 6.09 Å². The zero-order chi connectivity index (χ0) is 11.5. The number of hydrogen-bond acceptors (Lipinski definition) is 2. The molecule has 0 aromatic heterocycles. The molecular weight excluding hydrogens is 170 g/mol. The molecule has 1 amide bonds. The molecule has 0 heterocycles. The second-order valence-electron chi connectivity index (χ2n) is 2.72. The van der Waals surface area contributed by atoms with Gasteiger partial charge in [-0.1, -0.05) is 20.8 Å². The van der Waals surface area contributed by atoms with Crippen LogP contribution < -0.4 is 5.32 Å². The summed E-state index contributed by atoms with van der Waals surface area (Å²) in [5.41, 5.74) is -0.458. The van der Waals surface area contributed by atoms with E-state index >= 15 is 0 Å². The molecule has 0 rings (SSSR count). The van der Waals surface area contributed by atoms with Gasteiger partial charge in [0.25, 0.3) is 0 Å². The SMILES string of the molecule is CC.CCC(C)(C)O.CNC(=O)O. The van der Waals surface area contributed by atoms with Crippen molar-refractivity contribution in [3.63, 3.8) is 0 Å². The lowest BCUT2D eigenvalue weighted by Crippen LogP contribution is -2.15. The second kappa shape index (κ2) is 11.2. The molecule has 13 heavy (non-hydrogen) atoms. The minimum atomic E-state index is -0.995. The summed E-state index contributed by atoms with van der Waals surface area (Å²) in [7, 11) is 1.35. The van der Waals surface area contributed by atoms with E-state index in [4.69, 9.17) is 10.2 Å². The van der Waals surface area contributed by atoms with Gasteiger partial charge in [0.05, 0.1) is 5.60 Å². The molecule has 0 aliphatic heterocycles. The highest BCUT2D eigenvalue weighted by atomic mass is 16.4. The van der Waals surface area contributed by atoms with Crippen LogP contribution in [0.5, 0.6) is 0 Å². The molecule has 0 saturated heterocycles. The van der Waals surface area contributed by atoms with E-state index in [1.54, 1.807) is 13.8 Å². The quantitative estimate of drug-likeness (QED) is 0.597. The lowest BCUT2D eigenvalue weighted by Gasteiger charge is -2.11. The third-order valence-corrected chi connectivity index (χ3v) is 1.08. The zero-order valence-electron chi connectivity index (χ0n) is 9.51. The Morgan fingerprint density at radius 1 is 1.38 bits per heavy atom. The highest BCUT2D eigenvalue weighted by molar-refractivity contribution is 5.63. The van der Waals surface area contributed by atoms with Crippen molar-refractivity contribution in [2.24, 2.45) is 0 Å². The van der Waals surface area contributed by atoms with Crippen molar-refractivity contribution < 1.29 is 15.0 Å². The summed E-state index contributed by atoms with van der Waals surface area (Å²) in [6.45, 7) is 9.56. The van der Waals surface area contributed by atoms with E-state index in [0.29, 0.717) is 0 Å². The molecule has 0 radical (unpaired) electrons. The first-order chi connectivity index (χ1) is 5.83. The Balaban J connectivity index is -0.000000131. The molecule has 0 aliphatic rings. The van der Waals surface area contributed by atoms with Crippen LogP contribution in [0.25, 0.3) is 0 Å². The number of rotatable bonds is 1. The Labute approximate surface area is 81.0 Å². The van der Waals surface area contributed by atoms with Crippen LogP contribution in [0, 0.1) is 0 Å². The van der Waals surface area contributed by atoms with E-state index in [9.17, 15) is 4.79 Å². The van der Waals surface area contributed by atoms with Gasteiger partial charge in [-0.2, -0.15) is 0 Å². The third kappa shape index (κ3) is 53.5. The lowest BCUT2D eigenvalue weighted by molar-refractivity contribution is 0.0765. The molecule has 4 heteroatoms. The van der Waals surface area contributed by atoms with Gasteiger partial charge in [0.2, 0.25) is 0 Å². The van der Waals surface area contributed by atoms with Gasteiger partial charge < -0.3 is 15.5 Å². The summed E-state index contributed by atoms with van der Waals surface area (Å²) < 4.78 is 0. The molecule has 0 saturated carbocycles. The maximum absolute atomic E-state index is 9.26. The Kier molecular flexibility index (Phi) is 15.6. The molecule has 82 valence electrons. The van der Waals surface area contributed by atoms with Gasteiger partial charge in [0.15, 0.2) is 0 Å². The summed E-state index contributed by atoms with van der Waals surface area (Å²) in [5.74, 6) is 0. The Hall–Kier alpha value is -0.770. The summed E-state index contributed by atoms with van der Waals surface area (Å²) in [4.78, 5) is 9.26. The Morgan fingerprint density at radius 2 is 1.54 bits per heavy atom. The minimum Gasteiger partial charge on any atom is -0.465 e. The highest BCUT2D eigenvalue weighted by Gasteiger charge is 2.05. The number of carboxylic acid groups (broad SMARTS) is 1. The van der Waals surface area contributed by atoms with Crippen LogP contribution in [0.4, 0.5) is 4.79 Å². The fourth-order valence-electron chi connectivity index (χ4n) is 0. The molecule has 0 aromatic rings. The smallest absolute Gasteiger partial charge is 0.404 e. The molecule has 0 fully saturated rings. The maximum Gasteiger partial charge on any atom is 0.404 e. The average molecular weight is 193 g/mol. The van der Waals surface area contributed by atoms with Crippen LogP contribution in [-0.2, 0) is 0 Å². The van der Waals surface area contributed by atoms with E-state index in [0.717, 1.165) is 6.42 Å². The standard InChI is InChI=1S/C5H12O.C2H5NO2.C2H6/c1-4-5(2,3)6;1-3-2(4)5;1-2/h6H,4H2,1-3H3;3H,1H3,(H,4,5);1-2H3. The van der Waals surface area contributed by atoms with Crippen molar-refractivity contribution >= 4 is 6.09 Å². The summed E-state index contributed by atoms with van der Waals surface area (Å²) in [5, 5.41) is 18.4. The first-order valence-corrected chi connectivity index (χ1v) is 4.46. The van der Waals surface area contributed by atoms with Gasteiger partial charge in [-0.3, -0.25) is 0 Å². The average Bonchev–Trinajstić information content (AvgIpc) is 2.08. The molecule has 0 atom stereocenters.